The van der Waals surface area contributed by atoms with E-state index in [0.29, 0.717) is 27.9 Å². The molecule has 18 heavy (non-hydrogen) atoms. The van der Waals surface area contributed by atoms with Gasteiger partial charge in [0.2, 0.25) is 0 Å². The molecule has 5 heteroatoms. The van der Waals surface area contributed by atoms with E-state index >= 15 is 0 Å². The summed E-state index contributed by atoms with van der Waals surface area (Å²) in [6, 6.07) is 5.07. The average Bonchev–Trinajstić information content (AvgIpc) is 2.36. The van der Waals surface area contributed by atoms with E-state index in [-0.39, 0.29) is 0 Å². The second kappa shape index (κ2) is 8.68. The monoisotopic (exact) mass is 303 g/mol. The first-order chi connectivity index (χ1) is 8.65. The molecule has 0 saturated carbocycles. The van der Waals surface area contributed by atoms with Crippen LogP contribution in [0.15, 0.2) is 18.2 Å². The molecule has 98 valence electrons. The molecule has 0 amide bonds. The van der Waals surface area contributed by atoms with Crippen LogP contribution in [0.25, 0.3) is 0 Å². The lowest BCUT2D eigenvalue weighted by molar-refractivity contribution is 0.176. The smallest absolute Gasteiger partial charge is 0.0929 e. The maximum atomic E-state index is 9.98. The first-order valence-electron chi connectivity index (χ1n) is 5.50. The van der Waals surface area contributed by atoms with Gasteiger partial charge in [-0.3, -0.25) is 0 Å². The van der Waals surface area contributed by atoms with Crippen molar-refractivity contribution < 1.29 is 5.11 Å². The zero-order chi connectivity index (χ0) is 13.4. The van der Waals surface area contributed by atoms with Gasteiger partial charge >= 0.3 is 0 Å². The number of thioether (sulfide) groups is 1. The third-order valence-corrected chi connectivity index (χ3v) is 3.71. The van der Waals surface area contributed by atoms with Crippen LogP contribution in [0, 0.1) is 12.3 Å². The van der Waals surface area contributed by atoms with Gasteiger partial charge in [-0.05, 0) is 18.2 Å². The highest BCUT2D eigenvalue weighted by atomic mass is 35.5. The summed E-state index contributed by atoms with van der Waals surface area (Å²) in [5, 5.41) is 14.2. The van der Waals surface area contributed by atoms with Crippen molar-refractivity contribution >= 4 is 35.0 Å². The van der Waals surface area contributed by atoms with Crippen LogP contribution in [0.3, 0.4) is 0 Å². The fourth-order valence-corrected chi connectivity index (χ4v) is 2.37. The standard InChI is InChI=1S/C13H15Cl2NOS/c1-2-6-18-7-5-16-9-13(17)11-8-10(14)3-4-12(11)15/h1,3-4,8,13,16-17H,5-7,9H2. The molecule has 0 aromatic heterocycles. The molecular weight excluding hydrogens is 289 g/mol. The molecule has 0 saturated heterocycles. The SMILES string of the molecule is C#CCSCCNCC(O)c1cc(Cl)ccc1Cl. The second-order valence-corrected chi connectivity index (χ2v) is 5.59. The third-order valence-electron chi connectivity index (χ3n) is 2.26. The Kier molecular flexibility index (Phi) is 7.57. The molecule has 0 spiro atoms. The Morgan fingerprint density at radius 1 is 1.44 bits per heavy atom. The molecule has 2 nitrogen and oxygen atoms in total. The number of nitrogens with one attached hydrogen (secondary N) is 1. The number of halogens is 2. The number of aliphatic hydroxyl groups is 1. The summed E-state index contributed by atoms with van der Waals surface area (Å²) < 4.78 is 0. The van der Waals surface area contributed by atoms with E-state index < -0.39 is 6.10 Å². The van der Waals surface area contributed by atoms with Gasteiger partial charge in [-0.15, -0.1) is 18.2 Å². The minimum Gasteiger partial charge on any atom is -0.387 e. The van der Waals surface area contributed by atoms with Crippen LogP contribution in [0.4, 0.5) is 0 Å². The van der Waals surface area contributed by atoms with Gasteiger partial charge in [-0.25, -0.2) is 0 Å². The minimum absolute atomic E-state index is 0.441. The Morgan fingerprint density at radius 3 is 2.94 bits per heavy atom. The van der Waals surface area contributed by atoms with E-state index in [1.165, 1.54) is 0 Å². The van der Waals surface area contributed by atoms with Crippen LogP contribution in [-0.4, -0.2) is 29.7 Å². The molecule has 1 atom stereocenters. The lowest BCUT2D eigenvalue weighted by atomic mass is 10.1. The van der Waals surface area contributed by atoms with Gasteiger partial charge in [0, 0.05) is 34.5 Å². The molecule has 0 aliphatic carbocycles. The van der Waals surface area contributed by atoms with Crippen LogP contribution in [0.1, 0.15) is 11.7 Å². The van der Waals surface area contributed by atoms with Crippen LogP contribution in [-0.2, 0) is 0 Å². The van der Waals surface area contributed by atoms with Gasteiger partial charge in [0.05, 0.1) is 11.9 Å². The lowest BCUT2D eigenvalue weighted by Crippen LogP contribution is -2.24. The number of terminal acetylenes is 1. The van der Waals surface area contributed by atoms with Crippen LogP contribution in [0.2, 0.25) is 10.0 Å². The lowest BCUT2D eigenvalue weighted by Gasteiger charge is -2.13. The molecule has 1 aromatic carbocycles. The summed E-state index contributed by atoms with van der Waals surface area (Å²) in [6.45, 7) is 1.23. The maximum Gasteiger partial charge on any atom is 0.0929 e. The molecular formula is C13H15Cl2NOS. The maximum absolute atomic E-state index is 9.98. The van der Waals surface area contributed by atoms with Gasteiger partial charge in [0.1, 0.15) is 0 Å². The van der Waals surface area contributed by atoms with Crippen molar-refractivity contribution in [3.63, 3.8) is 0 Å². The van der Waals surface area contributed by atoms with Gasteiger partial charge in [0.15, 0.2) is 0 Å². The van der Waals surface area contributed by atoms with Crippen molar-refractivity contribution in [2.75, 3.05) is 24.6 Å². The predicted octanol–water partition coefficient (Wildman–Crippen LogP) is 2.98. The van der Waals surface area contributed by atoms with Crippen LogP contribution >= 0.6 is 35.0 Å². The summed E-state index contributed by atoms with van der Waals surface area (Å²) in [7, 11) is 0. The Morgan fingerprint density at radius 2 is 2.22 bits per heavy atom. The minimum atomic E-state index is -0.658. The summed E-state index contributed by atoms with van der Waals surface area (Å²) >= 11 is 13.5. The molecule has 0 aliphatic rings. The predicted molar refractivity (Wildman–Crippen MR) is 80.4 cm³/mol. The zero-order valence-electron chi connectivity index (χ0n) is 9.83. The van der Waals surface area contributed by atoms with E-state index in [0.717, 1.165) is 12.3 Å². The van der Waals surface area contributed by atoms with Gasteiger partial charge < -0.3 is 10.4 Å². The van der Waals surface area contributed by atoms with Crippen LogP contribution < -0.4 is 5.32 Å². The zero-order valence-corrected chi connectivity index (χ0v) is 12.2. The van der Waals surface area contributed by atoms with Crippen molar-refractivity contribution in [1.82, 2.24) is 5.32 Å². The van der Waals surface area contributed by atoms with Crippen LogP contribution in [0.5, 0.6) is 0 Å². The van der Waals surface area contributed by atoms with E-state index in [4.69, 9.17) is 29.6 Å². The number of benzene rings is 1. The van der Waals surface area contributed by atoms with Gasteiger partial charge in [0.25, 0.3) is 0 Å². The quantitative estimate of drug-likeness (QED) is 0.600. The molecule has 1 rings (SSSR count). The Bertz CT molecular complexity index is 420. The summed E-state index contributed by atoms with van der Waals surface area (Å²) in [5.41, 5.74) is 0.646. The van der Waals surface area contributed by atoms with E-state index in [1.54, 1.807) is 30.0 Å². The molecule has 1 aromatic rings. The van der Waals surface area contributed by atoms with Crippen molar-refractivity contribution in [3.8, 4) is 12.3 Å². The molecule has 0 bridgehead atoms. The Balaban J connectivity index is 2.34. The molecule has 2 N–H and O–H groups in total. The van der Waals surface area contributed by atoms with E-state index in [2.05, 4.69) is 11.2 Å². The highest BCUT2D eigenvalue weighted by molar-refractivity contribution is 7.99. The molecule has 0 aliphatic heterocycles. The fourth-order valence-electron chi connectivity index (χ4n) is 1.39. The Hall–Kier alpha value is -0.370. The molecule has 0 fully saturated rings. The van der Waals surface area contributed by atoms with Gasteiger partial charge in [-0.1, -0.05) is 29.1 Å². The number of rotatable bonds is 7. The largest absolute Gasteiger partial charge is 0.387 e. The van der Waals surface area contributed by atoms with Crippen molar-refractivity contribution in [2.45, 2.75) is 6.10 Å². The average molecular weight is 304 g/mol. The molecule has 0 heterocycles. The highest BCUT2D eigenvalue weighted by Gasteiger charge is 2.11. The van der Waals surface area contributed by atoms with Crippen molar-refractivity contribution in [1.29, 1.82) is 0 Å². The summed E-state index contributed by atoms with van der Waals surface area (Å²) in [6.07, 6.45) is 4.48. The number of hydrogen-bond donors (Lipinski definition) is 2. The topological polar surface area (TPSA) is 32.3 Å². The normalized spacial score (nSPS) is 12.1. The second-order valence-electron chi connectivity index (χ2n) is 3.64. The fraction of sp³-hybridized carbons (Fsp3) is 0.385. The summed E-state index contributed by atoms with van der Waals surface area (Å²) in [4.78, 5) is 0. The first-order valence-corrected chi connectivity index (χ1v) is 7.41. The first kappa shape index (κ1) is 15.7. The van der Waals surface area contributed by atoms with Crippen molar-refractivity contribution in [3.05, 3.63) is 33.8 Å². The molecule has 1 unspecified atom stereocenters. The number of aliphatic hydroxyl groups excluding tert-OH is 1. The van der Waals surface area contributed by atoms with Crippen molar-refractivity contribution in [2.24, 2.45) is 0 Å². The van der Waals surface area contributed by atoms with E-state index in [9.17, 15) is 5.11 Å². The Labute approximate surface area is 122 Å². The van der Waals surface area contributed by atoms with Gasteiger partial charge in [-0.2, -0.15) is 0 Å². The highest BCUT2D eigenvalue weighted by Crippen LogP contribution is 2.25. The third kappa shape index (κ3) is 5.51. The number of hydrogen-bond acceptors (Lipinski definition) is 3. The molecule has 0 radical (unpaired) electrons. The summed E-state index contributed by atoms with van der Waals surface area (Å²) in [5.74, 6) is 4.19. The van der Waals surface area contributed by atoms with E-state index in [1.807, 2.05) is 0 Å².